The standard InChI is InChI=1S/C11H22N2O2/c1-8(2)9(7-14)13-10(15)11(3)5-4-6-12-11/h8-9,12,14H,4-7H2,1-3H3,(H,13,15). The molecule has 0 aromatic heterocycles. The van der Waals surface area contributed by atoms with E-state index in [1.807, 2.05) is 20.8 Å². The van der Waals surface area contributed by atoms with Gasteiger partial charge in [-0.1, -0.05) is 13.8 Å². The Hall–Kier alpha value is -0.610. The van der Waals surface area contributed by atoms with E-state index in [9.17, 15) is 4.79 Å². The smallest absolute Gasteiger partial charge is 0.240 e. The van der Waals surface area contributed by atoms with Crippen LogP contribution in [0.1, 0.15) is 33.6 Å². The zero-order chi connectivity index (χ0) is 11.5. The van der Waals surface area contributed by atoms with Gasteiger partial charge in [-0.3, -0.25) is 4.79 Å². The van der Waals surface area contributed by atoms with Crippen LogP contribution in [0.15, 0.2) is 0 Å². The minimum absolute atomic E-state index is 0.000509. The van der Waals surface area contributed by atoms with Crippen LogP contribution in [0.5, 0.6) is 0 Å². The van der Waals surface area contributed by atoms with Crippen molar-refractivity contribution in [2.75, 3.05) is 13.2 Å². The third-order valence-corrected chi connectivity index (χ3v) is 3.19. The Bertz CT molecular complexity index is 223. The summed E-state index contributed by atoms with van der Waals surface area (Å²) >= 11 is 0. The molecule has 1 fully saturated rings. The lowest BCUT2D eigenvalue weighted by Crippen LogP contribution is -2.55. The van der Waals surface area contributed by atoms with Crippen LogP contribution in [0.4, 0.5) is 0 Å². The van der Waals surface area contributed by atoms with E-state index in [0.717, 1.165) is 19.4 Å². The van der Waals surface area contributed by atoms with Gasteiger partial charge in [0, 0.05) is 0 Å². The average molecular weight is 214 g/mol. The summed E-state index contributed by atoms with van der Waals surface area (Å²) in [6.45, 7) is 6.80. The molecule has 0 aliphatic carbocycles. The van der Waals surface area contributed by atoms with Crippen molar-refractivity contribution in [1.82, 2.24) is 10.6 Å². The lowest BCUT2D eigenvalue weighted by Gasteiger charge is -2.28. The van der Waals surface area contributed by atoms with Crippen molar-refractivity contribution >= 4 is 5.91 Å². The molecule has 1 heterocycles. The fraction of sp³-hybridized carbons (Fsp3) is 0.909. The second kappa shape index (κ2) is 4.94. The van der Waals surface area contributed by atoms with Gasteiger partial charge < -0.3 is 15.7 Å². The number of carbonyl (C=O) groups excluding carboxylic acids is 1. The second-order valence-corrected chi connectivity index (χ2v) is 4.87. The Morgan fingerprint density at radius 1 is 1.60 bits per heavy atom. The molecule has 4 heteroatoms. The Balaban J connectivity index is 2.53. The molecular formula is C11H22N2O2. The van der Waals surface area contributed by atoms with E-state index in [-0.39, 0.29) is 24.5 Å². The summed E-state index contributed by atoms with van der Waals surface area (Å²) in [6, 6.07) is -0.142. The molecule has 2 atom stereocenters. The van der Waals surface area contributed by atoms with Crippen LogP contribution in [0.2, 0.25) is 0 Å². The molecule has 1 saturated heterocycles. The Labute approximate surface area is 91.4 Å². The average Bonchev–Trinajstić information content (AvgIpc) is 2.61. The van der Waals surface area contributed by atoms with Crippen molar-refractivity contribution in [2.24, 2.45) is 5.92 Å². The fourth-order valence-corrected chi connectivity index (χ4v) is 1.84. The molecule has 0 saturated carbocycles. The zero-order valence-electron chi connectivity index (χ0n) is 9.84. The molecule has 0 aromatic carbocycles. The lowest BCUT2D eigenvalue weighted by atomic mass is 9.97. The van der Waals surface area contributed by atoms with Gasteiger partial charge >= 0.3 is 0 Å². The molecule has 1 amide bonds. The van der Waals surface area contributed by atoms with E-state index in [1.54, 1.807) is 0 Å². The number of nitrogens with one attached hydrogen (secondary N) is 2. The van der Waals surface area contributed by atoms with Crippen molar-refractivity contribution in [3.63, 3.8) is 0 Å². The number of hydrogen-bond donors (Lipinski definition) is 3. The first kappa shape index (κ1) is 12.5. The van der Waals surface area contributed by atoms with Gasteiger partial charge in [-0.2, -0.15) is 0 Å². The summed E-state index contributed by atoms with van der Waals surface area (Å²) in [5, 5.41) is 15.2. The van der Waals surface area contributed by atoms with Crippen LogP contribution in [-0.4, -0.2) is 35.7 Å². The van der Waals surface area contributed by atoms with Gasteiger partial charge in [0.1, 0.15) is 0 Å². The predicted molar refractivity (Wildman–Crippen MR) is 59.5 cm³/mol. The van der Waals surface area contributed by atoms with E-state index < -0.39 is 5.54 Å². The van der Waals surface area contributed by atoms with E-state index in [4.69, 9.17) is 5.11 Å². The maximum absolute atomic E-state index is 12.0. The molecular weight excluding hydrogens is 192 g/mol. The molecule has 0 bridgehead atoms. The molecule has 1 aliphatic heterocycles. The largest absolute Gasteiger partial charge is 0.394 e. The molecule has 0 spiro atoms. The third kappa shape index (κ3) is 2.92. The summed E-state index contributed by atoms with van der Waals surface area (Å²) in [7, 11) is 0. The fourth-order valence-electron chi connectivity index (χ4n) is 1.84. The summed E-state index contributed by atoms with van der Waals surface area (Å²) in [6.07, 6.45) is 1.91. The molecule has 15 heavy (non-hydrogen) atoms. The number of amides is 1. The first-order valence-corrected chi connectivity index (χ1v) is 5.66. The lowest BCUT2D eigenvalue weighted by molar-refractivity contribution is -0.127. The maximum Gasteiger partial charge on any atom is 0.240 e. The number of hydrogen-bond acceptors (Lipinski definition) is 3. The van der Waals surface area contributed by atoms with Crippen molar-refractivity contribution in [3.05, 3.63) is 0 Å². The Kier molecular flexibility index (Phi) is 4.11. The highest BCUT2D eigenvalue weighted by atomic mass is 16.3. The molecule has 2 unspecified atom stereocenters. The summed E-state index contributed by atoms with van der Waals surface area (Å²) in [5.41, 5.74) is -0.442. The second-order valence-electron chi connectivity index (χ2n) is 4.87. The van der Waals surface area contributed by atoms with Crippen LogP contribution in [0, 0.1) is 5.92 Å². The van der Waals surface area contributed by atoms with Crippen LogP contribution in [0.25, 0.3) is 0 Å². The van der Waals surface area contributed by atoms with Crippen LogP contribution in [-0.2, 0) is 4.79 Å². The molecule has 3 N–H and O–H groups in total. The molecule has 1 rings (SSSR count). The normalized spacial score (nSPS) is 28.1. The van der Waals surface area contributed by atoms with Crippen molar-refractivity contribution < 1.29 is 9.90 Å². The van der Waals surface area contributed by atoms with Gasteiger partial charge in [-0.05, 0) is 32.2 Å². The molecule has 4 nitrogen and oxygen atoms in total. The van der Waals surface area contributed by atoms with Crippen LogP contribution in [0.3, 0.4) is 0 Å². The molecule has 1 aliphatic rings. The summed E-state index contributed by atoms with van der Waals surface area (Å²) < 4.78 is 0. The predicted octanol–water partition coefficient (Wildman–Crippen LogP) is 0.262. The van der Waals surface area contributed by atoms with Gasteiger partial charge in [0.05, 0.1) is 18.2 Å². The topological polar surface area (TPSA) is 61.4 Å². The number of aliphatic hydroxyl groups excluding tert-OH is 1. The number of aliphatic hydroxyl groups is 1. The SMILES string of the molecule is CC(C)C(CO)NC(=O)C1(C)CCCN1. The van der Waals surface area contributed by atoms with Crippen molar-refractivity contribution in [1.29, 1.82) is 0 Å². The Morgan fingerprint density at radius 2 is 2.27 bits per heavy atom. The highest BCUT2D eigenvalue weighted by Crippen LogP contribution is 2.19. The quantitative estimate of drug-likeness (QED) is 0.629. The number of rotatable bonds is 4. The first-order chi connectivity index (χ1) is 6.99. The van der Waals surface area contributed by atoms with Gasteiger partial charge in [0.25, 0.3) is 0 Å². The first-order valence-electron chi connectivity index (χ1n) is 5.66. The van der Waals surface area contributed by atoms with Gasteiger partial charge in [0.2, 0.25) is 5.91 Å². The van der Waals surface area contributed by atoms with Gasteiger partial charge in [-0.15, -0.1) is 0 Å². The van der Waals surface area contributed by atoms with E-state index >= 15 is 0 Å². The van der Waals surface area contributed by atoms with Crippen molar-refractivity contribution in [2.45, 2.75) is 45.2 Å². The number of carbonyl (C=O) groups is 1. The van der Waals surface area contributed by atoms with Crippen LogP contribution >= 0.6 is 0 Å². The molecule has 0 radical (unpaired) electrons. The van der Waals surface area contributed by atoms with Gasteiger partial charge in [-0.25, -0.2) is 0 Å². The van der Waals surface area contributed by atoms with Gasteiger partial charge in [0.15, 0.2) is 0 Å². The molecule has 88 valence electrons. The third-order valence-electron chi connectivity index (χ3n) is 3.19. The summed E-state index contributed by atoms with van der Waals surface area (Å²) in [5.74, 6) is 0.261. The zero-order valence-corrected chi connectivity index (χ0v) is 9.84. The minimum atomic E-state index is -0.442. The molecule has 0 aromatic rings. The van der Waals surface area contributed by atoms with E-state index in [1.165, 1.54) is 0 Å². The Morgan fingerprint density at radius 3 is 2.67 bits per heavy atom. The van der Waals surface area contributed by atoms with Crippen molar-refractivity contribution in [3.8, 4) is 0 Å². The highest BCUT2D eigenvalue weighted by molar-refractivity contribution is 5.86. The van der Waals surface area contributed by atoms with E-state index in [0.29, 0.717) is 0 Å². The monoisotopic (exact) mass is 214 g/mol. The highest BCUT2D eigenvalue weighted by Gasteiger charge is 2.36. The minimum Gasteiger partial charge on any atom is -0.394 e. The van der Waals surface area contributed by atoms with Crippen LogP contribution < -0.4 is 10.6 Å². The summed E-state index contributed by atoms with van der Waals surface area (Å²) in [4.78, 5) is 12.0. The van der Waals surface area contributed by atoms with E-state index in [2.05, 4.69) is 10.6 Å². The maximum atomic E-state index is 12.0.